The molecule has 0 radical (unpaired) electrons. The first-order valence-electron chi connectivity index (χ1n) is 8.62. The number of aromatic nitrogens is 1. The van der Waals surface area contributed by atoms with Crippen LogP contribution in [0.1, 0.15) is 41.6 Å². The molecule has 1 aromatic rings. The van der Waals surface area contributed by atoms with Crippen LogP contribution >= 0.6 is 0 Å². The Morgan fingerprint density at radius 1 is 1.12 bits per heavy atom. The van der Waals surface area contributed by atoms with Gasteiger partial charge in [0.2, 0.25) is 0 Å². The van der Waals surface area contributed by atoms with Crippen LogP contribution in [0.2, 0.25) is 0 Å². The molecule has 1 aliphatic heterocycles. The zero-order valence-electron chi connectivity index (χ0n) is 15.8. The Kier molecular flexibility index (Phi) is 5.70. The highest BCUT2D eigenvalue weighted by Gasteiger charge is 2.25. The lowest BCUT2D eigenvalue weighted by atomic mass is 10.1. The van der Waals surface area contributed by atoms with Crippen LogP contribution in [0.25, 0.3) is 0 Å². The van der Waals surface area contributed by atoms with E-state index in [1.54, 1.807) is 19.0 Å². The zero-order valence-corrected chi connectivity index (χ0v) is 15.8. The number of amides is 2. The van der Waals surface area contributed by atoms with E-state index in [4.69, 9.17) is 0 Å². The summed E-state index contributed by atoms with van der Waals surface area (Å²) in [6.45, 7) is 11.6. The molecule has 0 saturated carbocycles. The minimum absolute atomic E-state index is 0.0430. The minimum atomic E-state index is 0.0430. The number of ketones is 1. The monoisotopic (exact) mass is 334 g/mol. The highest BCUT2D eigenvalue weighted by atomic mass is 16.2. The molecule has 24 heavy (non-hydrogen) atoms. The number of carbonyl (C=O) groups is 2. The van der Waals surface area contributed by atoms with Crippen molar-refractivity contribution in [3.63, 3.8) is 0 Å². The molecule has 0 bridgehead atoms. The van der Waals surface area contributed by atoms with Gasteiger partial charge < -0.3 is 14.4 Å². The third-order valence-electron chi connectivity index (χ3n) is 4.69. The van der Waals surface area contributed by atoms with E-state index in [1.807, 2.05) is 17.9 Å². The third-order valence-corrected chi connectivity index (χ3v) is 4.69. The number of urea groups is 1. The molecule has 6 nitrogen and oxygen atoms in total. The SMILES string of the molecule is Cc1cc(C(=O)CN2CCN(C(=O)N(C)C)CC2)c(C)n1C(C)C. The number of hydrogen-bond acceptors (Lipinski definition) is 3. The van der Waals surface area contributed by atoms with Crippen LogP contribution in [0.3, 0.4) is 0 Å². The molecule has 0 atom stereocenters. The second-order valence-corrected chi connectivity index (χ2v) is 7.11. The van der Waals surface area contributed by atoms with E-state index in [0.29, 0.717) is 25.7 Å². The highest BCUT2D eigenvalue weighted by Crippen LogP contribution is 2.21. The van der Waals surface area contributed by atoms with Crippen molar-refractivity contribution in [1.82, 2.24) is 19.3 Å². The van der Waals surface area contributed by atoms with Crippen LogP contribution in [-0.2, 0) is 0 Å². The molecule has 0 unspecified atom stereocenters. The lowest BCUT2D eigenvalue weighted by Crippen LogP contribution is -2.52. The number of rotatable bonds is 4. The van der Waals surface area contributed by atoms with E-state index < -0.39 is 0 Å². The topological polar surface area (TPSA) is 48.8 Å². The second-order valence-electron chi connectivity index (χ2n) is 7.11. The number of nitrogens with zero attached hydrogens (tertiary/aromatic N) is 4. The van der Waals surface area contributed by atoms with Gasteiger partial charge in [0.05, 0.1) is 6.54 Å². The summed E-state index contributed by atoms with van der Waals surface area (Å²) in [6, 6.07) is 2.40. The molecule has 6 heteroatoms. The van der Waals surface area contributed by atoms with Crippen molar-refractivity contribution >= 4 is 11.8 Å². The Balaban J connectivity index is 1.97. The summed E-state index contributed by atoms with van der Waals surface area (Å²) in [7, 11) is 3.53. The van der Waals surface area contributed by atoms with Gasteiger partial charge in [0.1, 0.15) is 0 Å². The zero-order chi connectivity index (χ0) is 18.0. The van der Waals surface area contributed by atoms with Gasteiger partial charge >= 0.3 is 6.03 Å². The molecular formula is C18H30N4O2. The van der Waals surface area contributed by atoms with Gasteiger partial charge in [-0.25, -0.2) is 4.79 Å². The van der Waals surface area contributed by atoms with E-state index in [-0.39, 0.29) is 11.8 Å². The molecule has 0 aromatic carbocycles. The van der Waals surface area contributed by atoms with Crippen molar-refractivity contribution in [2.45, 2.75) is 33.7 Å². The van der Waals surface area contributed by atoms with E-state index in [1.165, 1.54) is 0 Å². The molecule has 1 fully saturated rings. The minimum Gasteiger partial charge on any atom is -0.346 e. The lowest BCUT2D eigenvalue weighted by Gasteiger charge is -2.35. The number of Topliss-reactive ketones (excluding diaryl/α,β-unsaturated/α-hetero) is 1. The number of piperazine rings is 1. The van der Waals surface area contributed by atoms with E-state index in [9.17, 15) is 9.59 Å². The van der Waals surface area contributed by atoms with Gasteiger partial charge in [-0.3, -0.25) is 9.69 Å². The largest absolute Gasteiger partial charge is 0.346 e. The molecule has 1 aromatic heterocycles. The molecule has 134 valence electrons. The van der Waals surface area contributed by atoms with Crippen LogP contribution in [0, 0.1) is 13.8 Å². The summed E-state index contributed by atoms with van der Waals surface area (Å²) in [5.41, 5.74) is 3.01. The Morgan fingerprint density at radius 2 is 1.71 bits per heavy atom. The molecule has 2 heterocycles. The Hall–Kier alpha value is -1.82. The van der Waals surface area contributed by atoms with E-state index in [2.05, 4.69) is 30.2 Å². The molecule has 0 spiro atoms. The van der Waals surface area contributed by atoms with Gasteiger partial charge in [0.15, 0.2) is 5.78 Å². The van der Waals surface area contributed by atoms with Crippen LogP contribution in [-0.4, -0.2) is 77.9 Å². The summed E-state index contributed by atoms with van der Waals surface area (Å²) in [4.78, 5) is 30.2. The summed E-state index contributed by atoms with van der Waals surface area (Å²) < 4.78 is 2.21. The number of hydrogen-bond donors (Lipinski definition) is 0. The predicted octanol–water partition coefficient (Wildman–Crippen LogP) is 2.17. The van der Waals surface area contributed by atoms with Crippen LogP contribution in [0.15, 0.2) is 6.07 Å². The van der Waals surface area contributed by atoms with Crippen molar-refractivity contribution in [1.29, 1.82) is 0 Å². The van der Waals surface area contributed by atoms with Crippen molar-refractivity contribution < 1.29 is 9.59 Å². The molecule has 0 aliphatic carbocycles. The Bertz CT molecular complexity index is 611. The average Bonchev–Trinajstić information content (AvgIpc) is 2.82. The second kappa shape index (κ2) is 7.38. The van der Waals surface area contributed by atoms with Gasteiger partial charge in [-0.05, 0) is 33.8 Å². The van der Waals surface area contributed by atoms with Crippen molar-refractivity contribution in [3.8, 4) is 0 Å². The molecule has 1 saturated heterocycles. The summed E-state index contributed by atoms with van der Waals surface area (Å²) >= 11 is 0. The molecule has 2 amide bonds. The number of carbonyl (C=O) groups excluding carboxylic acids is 2. The molecular weight excluding hydrogens is 304 g/mol. The standard InChI is InChI=1S/C18H30N4O2/c1-13(2)22-14(3)11-16(15(22)4)17(23)12-20-7-9-21(10-8-20)18(24)19(5)6/h11,13H,7-10,12H2,1-6H3. The smallest absolute Gasteiger partial charge is 0.319 e. The Morgan fingerprint density at radius 3 is 2.17 bits per heavy atom. The molecule has 2 rings (SSSR count). The van der Waals surface area contributed by atoms with Crippen molar-refractivity contribution in [3.05, 3.63) is 23.0 Å². The Labute approximate surface area is 145 Å². The maximum atomic E-state index is 12.7. The first-order valence-corrected chi connectivity index (χ1v) is 8.62. The summed E-state index contributed by atoms with van der Waals surface area (Å²) in [5.74, 6) is 0.169. The fourth-order valence-corrected chi connectivity index (χ4v) is 3.52. The van der Waals surface area contributed by atoms with Gasteiger partial charge in [0, 0.05) is 63.3 Å². The maximum Gasteiger partial charge on any atom is 0.319 e. The first kappa shape index (κ1) is 18.5. The lowest BCUT2D eigenvalue weighted by molar-refractivity contribution is 0.0862. The van der Waals surface area contributed by atoms with E-state index >= 15 is 0 Å². The fraction of sp³-hybridized carbons (Fsp3) is 0.667. The molecule has 0 N–H and O–H groups in total. The van der Waals surface area contributed by atoms with Gasteiger partial charge in [-0.15, -0.1) is 0 Å². The maximum absolute atomic E-state index is 12.7. The quantitative estimate of drug-likeness (QED) is 0.793. The summed E-state index contributed by atoms with van der Waals surface area (Å²) in [5, 5.41) is 0. The van der Waals surface area contributed by atoms with Gasteiger partial charge in [-0.2, -0.15) is 0 Å². The van der Waals surface area contributed by atoms with Crippen LogP contribution in [0.4, 0.5) is 4.79 Å². The highest BCUT2D eigenvalue weighted by molar-refractivity contribution is 5.99. The predicted molar refractivity (Wildman–Crippen MR) is 95.7 cm³/mol. The van der Waals surface area contributed by atoms with Gasteiger partial charge in [-0.1, -0.05) is 0 Å². The average molecular weight is 334 g/mol. The van der Waals surface area contributed by atoms with Crippen LogP contribution < -0.4 is 0 Å². The van der Waals surface area contributed by atoms with Crippen LogP contribution in [0.5, 0.6) is 0 Å². The first-order chi connectivity index (χ1) is 11.2. The normalized spacial score (nSPS) is 15.9. The summed E-state index contributed by atoms with van der Waals surface area (Å²) in [6.07, 6.45) is 0. The number of aryl methyl sites for hydroxylation is 1. The fourth-order valence-electron chi connectivity index (χ4n) is 3.52. The van der Waals surface area contributed by atoms with Crippen molar-refractivity contribution in [2.24, 2.45) is 0 Å². The van der Waals surface area contributed by atoms with Crippen molar-refractivity contribution in [2.75, 3.05) is 46.8 Å². The third kappa shape index (κ3) is 3.80. The van der Waals surface area contributed by atoms with E-state index in [0.717, 1.165) is 30.0 Å². The molecule has 1 aliphatic rings. The van der Waals surface area contributed by atoms with Gasteiger partial charge in [0.25, 0.3) is 0 Å².